The average Bonchev–Trinajstić information content (AvgIpc) is 3.22. The Labute approximate surface area is 187 Å². The van der Waals surface area contributed by atoms with Crippen molar-refractivity contribution in [2.24, 2.45) is 0 Å². The lowest BCUT2D eigenvalue weighted by Crippen LogP contribution is -2.12. The molecule has 4 rings (SSSR count). The smallest absolute Gasteiger partial charge is 0.258 e. The van der Waals surface area contributed by atoms with Gasteiger partial charge in [-0.2, -0.15) is 0 Å². The fourth-order valence-corrected chi connectivity index (χ4v) is 5.08. The molecule has 0 aliphatic carbocycles. The lowest BCUT2D eigenvalue weighted by molar-refractivity contribution is -0.384. The molecule has 0 saturated carbocycles. The Bertz CT molecular complexity index is 1360. The lowest BCUT2D eigenvalue weighted by atomic mass is 10.1. The molecule has 7 nitrogen and oxygen atoms in total. The van der Waals surface area contributed by atoms with Crippen molar-refractivity contribution in [1.29, 1.82) is 0 Å². The third kappa shape index (κ3) is 4.58. The predicted molar refractivity (Wildman–Crippen MR) is 122 cm³/mol. The van der Waals surface area contributed by atoms with Gasteiger partial charge in [0, 0.05) is 23.1 Å². The van der Waals surface area contributed by atoms with Gasteiger partial charge in [0.25, 0.3) is 15.7 Å². The summed E-state index contributed by atoms with van der Waals surface area (Å²) >= 11 is 7.20. The lowest BCUT2D eigenvalue weighted by Gasteiger charge is -2.07. The molecule has 10 heteroatoms. The van der Waals surface area contributed by atoms with E-state index in [0.717, 1.165) is 22.5 Å². The highest BCUT2D eigenvalue weighted by molar-refractivity contribution is 7.93. The zero-order chi connectivity index (χ0) is 22.0. The molecule has 3 aromatic carbocycles. The van der Waals surface area contributed by atoms with Crippen LogP contribution in [0.4, 0.5) is 10.8 Å². The van der Waals surface area contributed by atoms with Crippen molar-refractivity contribution < 1.29 is 13.3 Å². The molecule has 156 valence electrons. The van der Waals surface area contributed by atoms with Crippen LogP contribution < -0.4 is 4.72 Å². The first-order valence-corrected chi connectivity index (χ1v) is 11.7. The zero-order valence-corrected chi connectivity index (χ0v) is 18.1. The minimum absolute atomic E-state index is 0.0947. The first kappa shape index (κ1) is 21.0. The Hall–Kier alpha value is -3.27. The molecule has 31 heavy (non-hydrogen) atoms. The number of nitrogens with one attached hydrogen (secondary N) is 1. The summed E-state index contributed by atoms with van der Waals surface area (Å²) < 4.78 is 27.9. The number of non-ortho nitro benzene ring substituents is 1. The highest BCUT2D eigenvalue weighted by Gasteiger charge is 2.18. The molecule has 0 saturated heterocycles. The van der Waals surface area contributed by atoms with Gasteiger partial charge < -0.3 is 0 Å². The highest BCUT2D eigenvalue weighted by atomic mass is 35.5. The minimum atomic E-state index is -3.86. The van der Waals surface area contributed by atoms with E-state index in [2.05, 4.69) is 9.71 Å². The average molecular weight is 472 g/mol. The van der Waals surface area contributed by atoms with Crippen LogP contribution in [-0.4, -0.2) is 18.3 Å². The number of sulfonamides is 1. The molecule has 0 radical (unpaired) electrons. The second-order valence-corrected chi connectivity index (χ2v) is 9.40. The van der Waals surface area contributed by atoms with Crippen molar-refractivity contribution in [2.45, 2.75) is 4.90 Å². The van der Waals surface area contributed by atoms with E-state index in [1.54, 1.807) is 17.5 Å². The number of nitro groups is 1. The van der Waals surface area contributed by atoms with Crippen molar-refractivity contribution in [3.05, 3.63) is 93.3 Å². The molecule has 0 aliphatic heterocycles. The molecular weight excluding hydrogens is 458 g/mol. The van der Waals surface area contributed by atoms with Gasteiger partial charge in [-0.25, -0.2) is 13.4 Å². The van der Waals surface area contributed by atoms with E-state index in [1.165, 1.54) is 30.3 Å². The summed E-state index contributed by atoms with van der Waals surface area (Å²) in [7, 11) is -3.86. The van der Waals surface area contributed by atoms with Crippen LogP contribution in [-0.2, 0) is 10.0 Å². The van der Waals surface area contributed by atoms with E-state index in [1.807, 2.05) is 30.3 Å². The van der Waals surface area contributed by atoms with Crippen LogP contribution in [0.25, 0.3) is 22.4 Å². The molecule has 0 amide bonds. The van der Waals surface area contributed by atoms with Crippen molar-refractivity contribution in [3.8, 4) is 22.4 Å². The number of rotatable bonds is 6. The molecule has 0 spiro atoms. The summed E-state index contributed by atoms with van der Waals surface area (Å²) in [5.41, 5.74) is 2.45. The molecule has 0 aliphatic rings. The van der Waals surface area contributed by atoms with Crippen LogP contribution in [0.5, 0.6) is 0 Å². The number of anilines is 1. The summed E-state index contributed by atoms with van der Waals surface area (Å²) in [6, 6.07) is 20.1. The van der Waals surface area contributed by atoms with E-state index in [4.69, 9.17) is 11.6 Å². The Morgan fingerprint density at radius 3 is 2.32 bits per heavy atom. The topological polar surface area (TPSA) is 102 Å². The Morgan fingerprint density at radius 2 is 1.65 bits per heavy atom. The number of aromatic nitrogens is 1. The summed E-state index contributed by atoms with van der Waals surface area (Å²) in [5, 5.41) is 13.0. The largest absolute Gasteiger partial charge is 0.270 e. The third-order valence-electron chi connectivity index (χ3n) is 4.43. The van der Waals surface area contributed by atoms with Crippen LogP contribution in [0.2, 0.25) is 5.02 Å². The number of hydrogen-bond acceptors (Lipinski definition) is 6. The van der Waals surface area contributed by atoms with Gasteiger partial charge in [-0.3, -0.25) is 14.8 Å². The van der Waals surface area contributed by atoms with Gasteiger partial charge in [0.1, 0.15) is 0 Å². The maximum atomic E-state index is 12.7. The van der Waals surface area contributed by atoms with E-state index >= 15 is 0 Å². The highest BCUT2D eigenvalue weighted by Crippen LogP contribution is 2.34. The summed E-state index contributed by atoms with van der Waals surface area (Å²) in [4.78, 5) is 14.8. The molecule has 0 fully saturated rings. The maximum absolute atomic E-state index is 12.7. The second-order valence-electron chi connectivity index (χ2n) is 6.46. The SMILES string of the molecule is O=[N+]([O-])c1ccc(Cl)c(-c2csc(NS(=O)(=O)c3ccc(-c4ccccc4)cc3)n2)c1. The van der Waals surface area contributed by atoms with Crippen molar-refractivity contribution in [3.63, 3.8) is 0 Å². The first-order valence-electron chi connectivity index (χ1n) is 8.92. The maximum Gasteiger partial charge on any atom is 0.270 e. The van der Waals surface area contributed by atoms with Crippen LogP contribution in [0.15, 0.2) is 83.1 Å². The number of halogens is 1. The molecule has 1 heterocycles. The van der Waals surface area contributed by atoms with Crippen molar-refractivity contribution in [2.75, 3.05) is 4.72 Å². The molecular formula is C21H14ClN3O4S2. The van der Waals surface area contributed by atoms with Crippen molar-refractivity contribution in [1.82, 2.24) is 4.98 Å². The van der Waals surface area contributed by atoms with Gasteiger partial charge in [-0.1, -0.05) is 54.1 Å². The van der Waals surface area contributed by atoms with Gasteiger partial charge in [0.05, 0.1) is 20.5 Å². The quantitative estimate of drug-likeness (QED) is 0.281. The number of nitrogens with zero attached hydrogens (tertiary/aromatic N) is 2. The van der Waals surface area contributed by atoms with Crippen LogP contribution in [0.3, 0.4) is 0 Å². The summed E-state index contributed by atoms with van der Waals surface area (Å²) in [6.07, 6.45) is 0. The van der Waals surface area contributed by atoms with E-state index in [0.29, 0.717) is 11.3 Å². The molecule has 0 atom stereocenters. The number of hydrogen-bond donors (Lipinski definition) is 1. The van der Waals surface area contributed by atoms with Crippen LogP contribution >= 0.6 is 22.9 Å². The number of nitro benzene ring substituents is 1. The van der Waals surface area contributed by atoms with E-state index in [-0.39, 0.29) is 20.7 Å². The van der Waals surface area contributed by atoms with E-state index < -0.39 is 14.9 Å². The minimum Gasteiger partial charge on any atom is -0.258 e. The molecule has 1 N–H and O–H groups in total. The van der Waals surface area contributed by atoms with Gasteiger partial charge in [-0.15, -0.1) is 11.3 Å². The second kappa shape index (κ2) is 8.46. The van der Waals surface area contributed by atoms with E-state index in [9.17, 15) is 18.5 Å². The Kier molecular flexibility index (Phi) is 5.73. The Morgan fingerprint density at radius 1 is 0.968 bits per heavy atom. The molecule has 1 aromatic heterocycles. The van der Waals surface area contributed by atoms with Gasteiger partial charge >= 0.3 is 0 Å². The first-order chi connectivity index (χ1) is 14.8. The Balaban J connectivity index is 1.57. The molecule has 4 aromatic rings. The summed E-state index contributed by atoms with van der Waals surface area (Å²) in [5.74, 6) is 0. The number of benzene rings is 3. The van der Waals surface area contributed by atoms with Gasteiger partial charge in [-0.05, 0) is 29.3 Å². The third-order valence-corrected chi connectivity index (χ3v) is 7.01. The fourth-order valence-electron chi connectivity index (χ4n) is 2.90. The monoisotopic (exact) mass is 471 g/mol. The standard InChI is InChI=1S/C21H14ClN3O4S2/c22-19-11-8-16(25(26)27)12-18(19)20-13-30-21(23-20)24-31(28,29)17-9-6-15(7-10-17)14-4-2-1-3-5-14/h1-13H,(H,23,24). The number of thiazole rings is 1. The molecule has 0 bridgehead atoms. The van der Waals surface area contributed by atoms with Gasteiger partial charge in [0.2, 0.25) is 0 Å². The van der Waals surface area contributed by atoms with Crippen molar-refractivity contribution >= 4 is 43.8 Å². The van der Waals surface area contributed by atoms with Crippen LogP contribution in [0.1, 0.15) is 0 Å². The zero-order valence-electron chi connectivity index (χ0n) is 15.7. The van der Waals surface area contributed by atoms with Gasteiger partial charge in [0.15, 0.2) is 5.13 Å². The molecule has 0 unspecified atom stereocenters. The normalized spacial score (nSPS) is 11.3. The summed E-state index contributed by atoms with van der Waals surface area (Å²) in [6.45, 7) is 0. The fraction of sp³-hybridized carbons (Fsp3) is 0. The van der Waals surface area contributed by atoms with Crippen LogP contribution in [0, 0.1) is 10.1 Å². The predicted octanol–water partition coefficient (Wildman–Crippen LogP) is 5.84.